The van der Waals surface area contributed by atoms with Crippen LogP contribution in [0.15, 0.2) is 18.2 Å². The second-order valence-electron chi connectivity index (χ2n) is 4.65. The van der Waals surface area contributed by atoms with Crippen LogP contribution in [0.2, 0.25) is 0 Å². The molecule has 2 rings (SSSR count). The highest BCUT2D eigenvalue weighted by molar-refractivity contribution is 5.98. The Bertz CT molecular complexity index is 544. The summed E-state index contributed by atoms with van der Waals surface area (Å²) >= 11 is 0. The van der Waals surface area contributed by atoms with Gasteiger partial charge in [0.2, 0.25) is 0 Å². The van der Waals surface area contributed by atoms with Gasteiger partial charge in [0.05, 0.1) is 31.9 Å². The average molecular weight is 295 g/mol. The topological polar surface area (TPSA) is 94.1 Å². The molecule has 0 radical (unpaired) electrons. The fourth-order valence-electron chi connectivity index (χ4n) is 2.13. The van der Waals surface area contributed by atoms with Crippen LogP contribution in [-0.2, 0) is 14.2 Å². The van der Waals surface area contributed by atoms with Crippen LogP contribution in [0.1, 0.15) is 20.7 Å². The third kappa shape index (κ3) is 3.50. The molecule has 1 heterocycles. The maximum atomic E-state index is 12.2. The third-order valence-electron chi connectivity index (χ3n) is 3.25. The van der Waals surface area contributed by atoms with Crippen LogP contribution in [-0.4, -0.2) is 56.6 Å². The molecular formula is C14H17NO6. The molecule has 1 aromatic rings. The first-order valence-corrected chi connectivity index (χ1v) is 6.39. The lowest BCUT2D eigenvalue weighted by Crippen LogP contribution is -2.43. The maximum Gasteiger partial charge on any atom is 0.338 e. The van der Waals surface area contributed by atoms with Gasteiger partial charge in [-0.2, -0.15) is 0 Å². The molecule has 2 atom stereocenters. The maximum absolute atomic E-state index is 12.2. The molecule has 7 nitrogen and oxygen atoms in total. The number of aromatic hydroxyl groups is 1. The Morgan fingerprint density at radius 3 is 2.62 bits per heavy atom. The van der Waals surface area contributed by atoms with E-state index >= 15 is 0 Å². The van der Waals surface area contributed by atoms with Gasteiger partial charge in [-0.1, -0.05) is 0 Å². The zero-order valence-electron chi connectivity index (χ0n) is 11.8. The molecule has 1 amide bonds. The largest absolute Gasteiger partial charge is 0.508 e. The monoisotopic (exact) mass is 295 g/mol. The summed E-state index contributed by atoms with van der Waals surface area (Å²) in [5.41, 5.74) is 0.269. The summed E-state index contributed by atoms with van der Waals surface area (Å²) < 4.78 is 15.0. The molecule has 0 aromatic heterocycles. The SMILES string of the molecule is COC(=O)c1cc(O)cc(C(=O)N[C@H]2COC[C@@H]2OC)c1. The number of nitrogens with one attached hydrogen (secondary N) is 1. The summed E-state index contributed by atoms with van der Waals surface area (Å²) in [5.74, 6) is -1.23. The molecular weight excluding hydrogens is 278 g/mol. The molecule has 0 unspecified atom stereocenters. The fraction of sp³-hybridized carbons (Fsp3) is 0.429. The van der Waals surface area contributed by atoms with Crippen LogP contribution >= 0.6 is 0 Å². The molecule has 0 bridgehead atoms. The van der Waals surface area contributed by atoms with E-state index in [2.05, 4.69) is 10.1 Å². The predicted molar refractivity (Wildman–Crippen MR) is 72.3 cm³/mol. The minimum absolute atomic E-state index is 0.105. The number of amides is 1. The van der Waals surface area contributed by atoms with E-state index < -0.39 is 11.9 Å². The number of hydrogen-bond acceptors (Lipinski definition) is 6. The molecule has 114 valence electrons. The highest BCUT2D eigenvalue weighted by Crippen LogP contribution is 2.17. The van der Waals surface area contributed by atoms with Crippen molar-refractivity contribution in [3.63, 3.8) is 0 Å². The Labute approximate surface area is 121 Å². The lowest BCUT2D eigenvalue weighted by molar-refractivity contribution is 0.0600. The molecule has 2 N–H and O–H groups in total. The predicted octanol–water partition coefficient (Wildman–Crippen LogP) is 0.322. The van der Waals surface area contributed by atoms with Crippen molar-refractivity contribution < 1.29 is 28.9 Å². The molecule has 1 aliphatic heterocycles. The van der Waals surface area contributed by atoms with Gasteiger partial charge in [0.1, 0.15) is 11.9 Å². The van der Waals surface area contributed by atoms with Gasteiger partial charge in [0, 0.05) is 12.7 Å². The van der Waals surface area contributed by atoms with Crippen molar-refractivity contribution in [2.75, 3.05) is 27.4 Å². The normalized spacial score (nSPS) is 21.0. The van der Waals surface area contributed by atoms with Gasteiger partial charge in [-0.15, -0.1) is 0 Å². The molecule has 1 aromatic carbocycles. The lowest BCUT2D eigenvalue weighted by Gasteiger charge is -2.17. The molecule has 0 spiro atoms. The fourth-order valence-corrected chi connectivity index (χ4v) is 2.13. The Hall–Kier alpha value is -2.12. The van der Waals surface area contributed by atoms with Crippen molar-refractivity contribution in [1.29, 1.82) is 0 Å². The van der Waals surface area contributed by atoms with Crippen molar-refractivity contribution in [2.24, 2.45) is 0 Å². The zero-order chi connectivity index (χ0) is 15.4. The number of esters is 1. The van der Waals surface area contributed by atoms with Crippen molar-refractivity contribution in [3.05, 3.63) is 29.3 Å². The Kier molecular flexibility index (Phi) is 4.77. The lowest BCUT2D eigenvalue weighted by atomic mass is 10.1. The van der Waals surface area contributed by atoms with Crippen molar-refractivity contribution in [3.8, 4) is 5.75 Å². The quantitative estimate of drug-likeness (QED) is 0.777. The number of rotatable bonds is 4. The van der Waals surface area contributed by atoms with Gasteiger partial charge in [0.25, 0.3) is 5.91 Å². The number of methoxy groups -OCH3 is 2. The van der Waals surface area contributed by atoms with E-state index in [0.29, 0.717) is 13.2 Å². The number of phenolic OH excluding ortho intramolecular Hbond substituents is 1. The van der Waals surface area contributed by atoms with E-state index in [1.54, 1.807) is 7.11 Å². The minimum Gasteiger partial charge on any atom is -0.508 e. The van der Waals surface area contributed by atoms with Crippen LogP contribution in [0.25, 0.3) is 0 Å². The summed E-state index contributed by atoms with van der Waals surface area (Å²) in [4.78, 5) is 23.7. The van der Waals surface area contributed by atoms with Crippen molar-refractivity contribution in [2.45, 2.75) is 12.1 Å². The van der Waals surface area contributed by atoms with Crippen LogP contribution in [0.5, 0.6) is 5.75 Å². The molecule has 21 heavy (non-hydrogen) atoms. The van der Waals surface area contributed by atoms with Gasteiger partial charge >= 0.3 is 5.97 Å². The summed E-state index contributed by atoms with van der Waals surface area (Å²) in [5, 5.41) is 12.4. The molecule has 1 aliphatic rings. The molecule has 7 heteroatoms. The Morgan fingerprint density at radius 1 is 1.24 bits per heavy atom. The van der Waals surface area contributed by atoms with Gasteiger partial charge in [-0.05, 0) is 18.2 Å². The zero-order valence-corrected chi connectivity index (χ0v) is 11.8. The highest BCUT2D eigenvalue weighted by atomic mass is 16.5. The Morgan fingerprint density at radius 2 is 1.95 bits per heavy atom. The number of hydrogen-bond donors (Lipinski definition) is 2. The molecule has 0 saturated carbocycles. The van der Waals surface area contributed by atoms with Crippen molar-refractivity contribution in [1.82, 2.24) is 5.32 Å². The van der Waals surface area contributed by atoms with E-state index in [4.69, 9.17) is 9.47 Å². The van der Waals surface area contributed by atoms with Gasteiger partial charge < -0.3 is 24.6 Å². The number of benzene rings is 1. The van der Waals surface area contributed by atoms with Crippen LogP contribution in [0.3, 0.4) is 0 Å². The first-order valence-electron chi connectivity index (χ1n) is 6.39. The number of carbonyl (C=O) groups excluding carboxylic acids is 2. The van der Waals surface area contributed by atoms with Crippen molar-refractivity contribution >= 4 is 11.9 Å². The van der Waals surface area contributed by atoms with E-state index in [1.807, 2.05) is 0 Å². The summed E-state index contributed by atoms with van der Waals surface area (Å²) in [6, 6.07) is 3.60. The van der Waals surface area contributed by atoms with E-state index in [0.717, 1.165) is 0 Å². The van der Waals surface area contributed by atoms with Crippen LogP contribution in [0, 0.1) is 0 Å². The number of carbonyl (C=O) groups is 2. The average Bonchev–Trinajstić information content (AvgIpc) is 2.92. The minimum atomic E-state index is -0.626. The smallest absolute Gasteiger partial charge is 0.338 e. The number of phenols is 1. The second kappa shape index (κ2) is 6.55. The molecule has 0 aliphatic carbocycles. The molecule has 1 saturated heterocycles. The van der Waals surface area contributed by atoms with E-state index in [9.17, 15) is 14.7 Å². The van der Waals surface area contributed by atoms with Crippen LogP contribution in [0.4, 0.5) is 0 Å². The van der Waals surface area contributed by atoms with Gasteiger partial charge in [-0.25, -0.2) is 4.79 Å². The van der Waals surface area contributed by atoms with E-state index in [1.165, 1.54) is 25.3 Å². The van der Waals surface area contributed by atoms with E-state index in [-0.39, 0.29) is 29.0 Å². The highest BCUT2D eigenvalue weighted by Gasteiger charge is 2.30. The molecule has 1 fully saturated rings. The Balaban J connectivity index is 2.15. The summed E-state index contributed by atoms with van der Waals surface area (Å²) in [6.45, 7) is 0.766. The summed E-state index contributed by atoms with van der Waals surface area (Å²) in [6.07, 6.45) is -0.216. The standard InChI is InChI=1S/C14H17NO6/c1-19-12-7-21-6-11(12)15-13(17)8-3-9(14(18)20-2)5-10(16)4-8/h3-5,11-12,16H,6-7H2,1-2H3,(H,15,17)/t11-,12-/m0/s1. The summed E-state index contributed by atoms with van der Waals surface area (Å²) in [7, 11) is 2.77. The third-order valence-corrected chi connectivity index (χ3v) is 3.25. The second-order valence-corrected chi connectivity index (χ2v) is 4.65. The first kappa shape index (κ1) is 15.3. The van der Waals surface area contributed by atoms with Gasteiger partial charge in [-0.3, -0.25) is 4.79 Å². The first-order chi connectivity index (χ1) is 10.0. The van der Waals surface area contributed by atoms with Gasteiger partial charge in [0.15, 0.2) is 0 Å². The number of ether oxygens (including phenoxy) is 3. The van der Waals surface area contributed by atoms with Crippen LogP contribution < -0.4 is 5.32 Å².